The summed E-state index contributed by atoms with van der Waals surface area (Å²) in [6.07, 6.45) is 3.07. The third-order valence-electron chi connectivity index (χ3n) is 3.51. The fraction of sp³-hybridized carbons (Fsp3) is 0.167. The first kappa shape index (κ1) is 16.2. The first-order chi connectivity index (χ1) is 11.6. The molecule has 1 heterocycles. The van der Waals surface area contributed by atoms with Crippen LogP contribution in [-0.2, 0) is 0 Å². The van der Waals surface area contributed by atoms with Crippen molar-refractivity contribution in [3.63, 3.8) is 0 Å². The zero-order valence-electron chi connectivity index (χ0n) is 12.9. The molecule has 0 radical (unpaired) electrons. The van der Waals surface area contributed by atoms with Crippen LogP contribution in [-0.4, -0.2) is 31.2 Å². The molecule has 2 aromatic rings. The number of allylic oxidation sites excluding steroid dienone is 1. The number of halogens is 1. The molecule has 0 bridgehead atoms. The summed E-state index contributed by atoms with van der Waals surface area (Å²) in [5.74, 6) is 1.09. The Morgan fingerprint density at radius 2 is 2.04 bits per heavy atom. The summed E-state index contributed by atoms with van der Waals surface area (Å²) < 4.78 is 16.0. The predicted molar refractivity (Wildman–Crippen MR) is 90.5 cm³/mol. The first-order valence-corrected chi connectivity index (χ1v) is 7.65. The maximum absolute atomic E-state index is 12.3. The van der Waals surface area contributed by atoms with Crippen LogP contribution in [0.15, 0.2) is 36.4 Å². The maximum atomic E-state index is 12.3. The molecule has 5 nitrogen and oxygen atoms in total. The predicted octanol–water partition coefficient (Wildman–Crippen LogP) is 3.72. The zero-order chi connectivity index (χ0) is 17.1. The van der Waals surface area contributed by atoms with Crippen molar-refractivity contribution in [1.29, 1.82) is 0 Å². The van der Waals surface area contributed by atoms with E-state index in [1.807, 2.05) is 0 Å². The van der Waals surface area contributed by atoms with Crippen molar-refractivity contribution in [2.75, 3.05) is 20.3 Å². The zero-order valence-corrected chi connectivity index (χ0v) is 13.7. The van der Waals surface area contributed by atoms with Crippen molar-refractivity contribution in [1.82, 2.24) is 0 Å². The van der Waals surface area contributed by atoms with Crippen LogP contribution in [0.4, 0.5) is 0 Å². The lowest BCUT2D eigenvalue weighted by Crippen LogP contribution is -2.15. The quantitative estimate of drug-likeness (QED) is 0.675. The number of phenols is 1. The Morgan fingerprint density at radius 3 is 2.83 bits per heavy atom. The summed E-state index contributed by atoms with van der Waals surface area (Å²) in [6.45, 7) is 0.922. The Bertz CT molecular complexity index is 813. The number of hydrogen-bond donors (Lipinski definition) is 1. The molecular weight excluding hydrogens is 332 g/mol. The van der Waals surface area contributed by atoms with Crippen molar-refractivity contribution in [3.05, 3.63) is 52.6 Å². The van der Waals surface area contributed by atoms with Gasteiger partial charge in [-0.05, 0) is 42.0 Å². The lowest BCUT2D eigenvalue weighted by atomic mass is 10.1. The molecule has 24 heavy (non-hydrogen) atoms. The number of phenolic OH excluding ortho intramolecular Hbond substituents is 1. The minimum absolute atomic E-state index is 0.0170. The molecule has 1 N–H and O–H groups in total. The topological polar surface area (TPSA) is 65.0 Å². The van der Waals surface area contributed by atoms with E-state index < -0.39 is 0 Å². The lowest BCUT2D eigenvalue weighted by Gasteiger charge is -2.19. The normalized spacial score (nSPS) is 13.1. The monoisotopic (exact) mass is 346 g/mol. The van der Waals surface area contributed by atoms with Gasteiger partial charge in [0.15, 0.2) is 28.8 Å². The number of carbonyl (C=O) groups excluding carboxylic acids is 1. The van der Waals surface area contributed by atoms with Gasteiger partial charge in [-0.15, -0.1) is 0 Å². The molecule has 6 heteroatoms. The molecule has 3 rings (SSSR count). The first-order valence-electron chi connectivity index (χ1n) is 7.27. The van der Waals surface area contributed by atoms with Crippen LogP contribution in [0.5, 0.6) is 23.0 Å². The molecule has 0 amide bonds. The SMILES string of the molecule is COc1cc(C(=O)/C=C/c2cc(Cl)c3c(c2)OCCO3)ccc1O. The van der Waals surface area contributed by atoms with Crippen molar-refractivity contribution in [3.8, 4) is 23.0 Å². The van der Waals surface area contributed by atoms with E-state index in [2.05, 4.69) is 0 Å². The fourth-order valence-corrected chi connectivity index (χ4v) is 2.60. The van der Waals surface area contributed by atoms with E-state index in [1.165, 1.54) is 31.4 Å². The molecule has 0 atom stereocenters. The van der Waals surface area contributed by atoms with Gasteiger partial charge in [-0.3, -0.25) is 4.79 Å². The van der Waals surface area contributed by atoms with Crippen LogP contribution in [0.1, 0.15) is 15.9 Å². The molecule has 1 aliphatic heterocycles. The highest BCUT2D eigenvalue weighted by Crippen LogP contribution is 2.38. The molecule has 0 fully saturated rings. The molecule has 0 spiro atoms. The Kier molecular flexibility index (Phi) is 4.62. The molecule has 0 saturated carbocycles. The van der Waals surface area contributed by atoms with Gasteiger partial charge in [-0.25, -0.2) is 0 Å². The number of fused-ring (bicyclic) bond motifs is 1. The molecule has 0 unspecified atom stereocenters. The molecular formula is C18H15ClO5. The number of ketones is 1. The third kappa shape index (κ3) is 3.31. The summed E-state index contributed by atoms with van der Waals surface area (Å²) in [4.78, 5) is 12.3. The molecule has 124 valence electrons. The van der Waals surface area contributed by atoms with Crippen LogP contribution in [0.3, 0.4) is 0 Å². The van der Waals surface area contributed by atoms with E-state index in [1.54, 1.807) is 18.2 Å². The number of carbonyl (C=O) groups is 1. The number of rotatable bonds is 4. The Morgan fingerprint density at radius 1 is 1.25 bits per heavy atom. The van der Waals surface area contributed by atoms with E-state index in [0.29, 0.717) is 35.3 Å². The molecule has 0 saturated heterocycles. The molecule has 2 aromatic carbocycles. The summed E-state index contributed by atoms with van der Waals surface area (Å²) >= 11 is 6.17. The smallest absolute Gasteiger partial charge is 0.185 e. The highest BCUT2D eigenvalue weighted by atomic mass is 35.5. The van der Waals surface area contributed by atoms with Gasteiger partial charge < -0.3 is 19.3 Å². The van der Waals surface area contributed by atoms with Gasteiger partial charge in [-0.2, -0.15) is 0 Å². The van der Waals surface area contributed by atoms with E-state index in [4.69, 9.17) is 25.8 Å². The van der Waals surface area contributed by atoms with E-state index in [-0.39, 0.29) is 17.3 Å². The van der Waals surface area contributed by atoms with Crippen molar-refractivity contribution < 1.29 is 24.1 Å². The minimum atomic E-state index is -0.223. The Hall–Kier alpha value is -2.66. The fourth-order valence-electron chi connectivity index (χ4n) is 2.33. The van der Waals surface area contributed by atoms with Crippen LogP contribution in [0.2, 0.25) is 5.02 Å². The van der Waals surface area contributed by atoms with Gasteiger partial charge in [0.25, 0.3) is 0 Å². The van der Waals surface area contributed by atoms with Crippen molar-refractivity contribution in [2.24, 2.45) is 0 Å². The molecule has 0 aliphatic carbocycles. The summed E-state index contributed by atoms with van der Waals surface area (Å²) in [5, 5.41) is 10.0. The van der Waals surface area contributed by atoms with E-state index >= 15 is 0 Å². The second kappa shape index (κ2) is 6.84. The van der Waals surface area contributed by atoms with Gasteiger partial charge in [0.05, 0.1) is 12.1 Å². The number of ether oxygens (including phenoxy) is 3. The highest BCUT2D eigenvalue weighted by molar-refractivity contribution is 6.32. The maximum Gasteiger partial charge on any atom is 0.185 e. The van der Waals surface area contributed by atoms with Crippen LogP contribution >= 0.6 is 11.6 Å². The van der Waals surface area contributed by atoms with E-state index in [9.17, 15) is 9.90 Å². The Labute approximate surface area is 144 Å². The van der Waals surface area contributed by atoms with Crippen LogP contribution < -0.4 is 14.2 Å². The third-order valence-corrected chi connectivity index (χ3v) is 3.79. The van der Waals surface area contributed by atoms with Gasteiger partial charge in [0, 0.05) is 5.56 Å². The number of aromatic hydroxyl groups is 1. The van der Waals surface area contributed by atoms with Crippen molar-refractivity contribution >= 4 is 23.5 Å². The molecule has 0 aromatic heterocycles. The standard InChI is InChI=1S/C18H15ClO5/c1-22-16-10-12(3-5-15(16)21)14(20)4-2-11-8-13(19)18-17(9-11)23-6-7-24-18/h2-5,8-10,21H,6-7H2,1H3/b4-2+. The van der Waals surface area contributed by atoms with Gasteiger partial charge >= 0.3 is 0 Å². The largest absolute Gasteiger partial charge is 0.504 e. The second-order valence-corrected chi connectivity index (χ2v) is 5.52. The van der Waals surface area contributed by atoms with Crippen LogP contribution in [0.25, 0.3) is 6.08 Å². The van der Waals surface area contributed by atoms with Gasteiger partial charge in [0.1, 0.15) is 13.2 Å². The van der Waals surface area contributed by atoms with Gasteiger partial charge in [0.2, 0.25) is 0 Å². The number of methoxy groups -OCH3 is 1. The summed E-state index contributed by atoms with van der Waals surface area (Å²) in [5.41, 5.74) is 1.13. The number of hydrogen-bond acceptors (Lipinski definition) is 5. The van der Waals surface area contributed by atoms with Crippen molar-refractivity contribution in [2.45, 2.75) is 0 Å². The summed E-state index contributed by atoms with van der Waals surface area (Å²) in [6, 6.07) is 7.90. The molecule has 1 aliphatic rings. The average molecular weight is 347 g/mol. The number of benzene rings is 2. The Balaban J connectivity index is 1.83. The van der Waals surface area contributed by atoms with Gasteiger partial charge in [-0.1, -0.05) is 17.7 Å². The summed E-state index contributed by atoms with van der Waals surface area (Å²) in [7, 11) is 1.43. The average Bonchev–Trinajstić information content (AvgIpc) is 2.60. The highest BCUT2D eigenvalue weighted by Gasteiger charge is 2.16. The minimum Gasteiger partial charge on any atom is -0.504 e. The second-order valence-electron chi connectivity index (χ2n) is 5.11. The lowest BCUT2D eigenvalue weighted by molar-refractivity contribution is 0.104. The van der Waals surface area contributed by atoms with Crippen LogP contribution in [0, 0.1) is 0 Å². The van der Waals surface area contributed by atoms with E-state index in [0.717, 1.165) is 5.56 Å².